The molecule has 0 fully saturated rings. The molecule has 5 heteroatoms. The van der Waals surface area contributed by atoms with Gasteiger partial charge in [-0.25, -0.2) is 15.0 Å². The lowest BCUT2D eigenvalue weighted by Gasteiger charge is -2.05. The van der Waals surface area contributed by atoms with Crippen molar-refractivity contribution in [3.05, 3.63) is 35.8 Å². The quantitative estimate of drug-likeness (QED) is 0.856. The Balaban J connectivity index is 2.20. The molecule has 0 aromatic carbocycles. The zero-order valence-electron chi connectivity index (χ0n) is 10.8. The van der Waals surface area contributed by atoms with E-state index in [0.717, 1.165) is 33.8 Å². The molecule has 2 aromatic rings. The van der Waals surface area contributed by atoms with Gasteiger partial charge in [-0.3, -0.25) is 0 Å². The maximum Gasteiger partial charge on any atom is 0.192 e. The maximum atomic E-state index is 4.42. The highest BCUT2D eigenvalue weighted by atomic mass is 32.2. The highest BCUT2D eigenvalue weighted by Crippen LogP contribution is 2.26. The van der Waals surface area contributed by atoms with Crippen LogP contribution in [0.15, 0.2) is 34.4 Å². The van der Waals surface area contributed by atoms with Crippen LogP contribution in [0.3, 0.4) is 0 Å². The van der Waals surface area contributed by atoms with Crippen LogP contribution in [-0.2, 0) is 0 Å². The number of rotatable bonds is 4. The molecular formula is C13H16N4S. The van der Waals surface area contributed by atoms with E-state index in [1.54, 1.807) is 18.0 Å². The molecule has 0 unspecified atom stereocenters. The van der Waals surface area contributed by atoms with Crippen LogP contribution in [0.5, 0.6) is 0 Å². The summed E-state index contributed by atoms with van der Waals surface area (Å²) in [6.45, 7) is 6.88. The predicted octanol–water partition coefficient (Wildman–Crippen LogP) is 3.07. The molecular weight excluding hydrogens is 244 g/mol. The van der Waals surface area contributed by atoms with Gasteiger partial charge in [-0.05, 0) is 50.7 Å². The second kappa shape index (κ2) is 5.82. The van der Waals surface area contributed by atoms with Gasteiger partial charge in [0.2, 0.25) is 0 Å². The smallest absolute Gasteiger partial charge is 0.192 e. The highest BCUT2D eigenvalue weighted by Gasteiger charge is 2.03. The lowest BCUT2D eigenvalue weighted by Crippen LogP contribution is -1.98. The third kappa shape index (κ3) is 3.43. The van der Waals surface area contributed by atoms with Crippen molar-refractivity contribution in [2.24, 2.45) is 0 Å². The van der Waals surface area contributed by atoms with E-state index in [4.69, 9.17) is 0 Å². The number of pyridine rings is 1. The minimum atomic E-state index is 0.779. The molecule has 0 radical (unpaired) electrons. The van der Waals surface area contributed by atoms with Gasteiger partial charge in [-0.2, -0.15) is 0 Å². The van der Waals surface area contributed by atoms with Crippen molar-refractivity contribution in [1.82, 2.24) is 15.0 Å². The van der Waals surface area contributed by atoms with Crippen LogP contribution >= 0.6 is 11.8 Å². The lowest BCUT2D eigenvalue weighted by molar-refractivity contribution is 0.902. The van der Waals surface area contributed by atoms with Gasteiger partial charge in [0.15, 0.2) is 5.16 Å². The summed E-state index contributed by atoms with van der Waals surface area (Å²) in [5, 5.41) is 3.97. The fourth-order valence-electron chi connectivity index (χ4n) is 1.60. The van der Waals surface area contributed by atoms with E-state index in [1.165, 1.54) is 0 Å². The first kappa shape index (κ1) is 12.8. The van der Waals surface area contributed by atoms with Gasteiger partial charge in [0, 0.05) is 29.0 Å². The normalized spacial score (nSPS) is 10.4. The van der Waals surface area contributed by atoms with E-state index in [1.807, 2.05) is 32.0 Å². The van der Waals surface area contributed by atoms with Crippen molar-refractivity contribution in [3.63, 3.8) is 0 Å². The lowest BCUT2D eigenvalue weighted by atomic mass is 10.4. The van der Waals surface area contributed by atoms with Crippen molar-refractivity contribution in [3.8, 4) is 0 Å². The molecule has 0 spiro atoms. The van der Waals surface area contributed by atoms with Crippen LogP contribution in [0.25, 0.3) is 0 Å². The Hall–Kier alpha value is -1.62. The first-order valence-electron chi connectivity index (χ1n) is 5.87. The Morgan fingerprint density at radius 2 is 1.89 bits per heavy atom. The summed E-state index contributed by atoms with van der Waals surface area (Å²) in [6, 6.07) is 5.95. The standard InChI is InChI=1S/C13H16N4S/c1-4-14-12-8-11(5-6-15-12)18-13-16-9(2)7-10(3)17-13/h5-8H,4H2,1-3H3,(H,14,15). The zero-order valence-corrected chi connectivity index (χ0v) is 11.6. The number of aromatic nitrogens is 3. The van der Waals surface area contributed by atoms with Crippen molar-refractivity contribution in [1.29, 1.82) is 0 Å². The highest BCUT2D eigenvalue weighted by molar-refractivity contribution is 7.99. The Labute approximate surface area is 111 Å². The van der Waals surface area contributed by atoms with Crippen molar-refractivity contribution >= 4 is 17.6 Å². The minimum Gasteiger partial charge on any atom is -0.370 e. The van der Waals surface area contributed by atoms with Crippen molar-refractivity contribution in [2.45, 2.75) is 30.8 Å². The largest absolute Gasteiger partial charge is 0.370 e. The van der Waals surface area contributed by atoms with Crippen LogP contribution in [0.2, 0.25) is 0 Å². The monoisotopic (exact) mass is 260 g/mol. The van der Waals surface area contributed by atoms with Crippen LogP contribution in [0, 0.1) is 13.8 Å². The Morgan fingerprint density at radius 1 is 1.17 bits per heavy atom. The predicted molar refractivity (Wildman–Crippen MR) is 74.0 cm³/mol. The number of hydrogen-bond donors (Lipinski definition) is 1. The third-order valence-electron chi connectivity index (χ3n) is 2.26. The summed E-state index contributed by atoms with van der Waals surface area (Å²) in [6.07, 6.45) is 1.79. The van der Waals surface area contributed by atoms with Crippen LogP contribution in [0.4, 0.5) is 5.82 Å². The minimum absolute atomic E-state index is 0.779. The summed E-state index contributed by atoms with van der Waals surface area (Å²) in [5.74, 6) is 0.881. The summed E-state index contributed by atoms with van der Waals surface area (Å²) in [5.41, 5.74) is 1.98. The summed E-state index contributed by atoms with van der Waals surface area (Å²) in [7, 11) is 0. The average molecular weight is 260 g/mol. The van der Waals surface area contributed by atoms with Gasteiger partial charge >= 0.3 is 0 Å². The molecule has 0 aliphatic heterocycles. The maximum absolute atomic E-state index is 4.42. The number of anilines is 1. The Bertz CT molecular complexity index is 522. The zero-order chi connectivity index (χ0) is 13.0. The molecule has 0 saturated heterocycles. The molecule has 2 heterocycles. The van der Waals surface area contributed by atoms with E-state index < -0.39 is 0 Å². The molecule has 0 bridgehead atoms. The first-order valence-corrected chi connectivity index (χ1v) is 6.69. The molecule has 0 amide bonds. The summed E-state index contributed by atoms with van der Waals surface area (Å²) >= 11 is 1.55. The van der Waals surface area contributed by atoms with Gasteiger partial charge in [-0.15, -0.1) is 0 Å². The summed E-state index contributed by atoms with van der Waals surface area (Å²) < 4.78 is 0. The van der Waals surface area contributed by atoms with Crippen molar-refractivity contribution < 1.29 is 0 Å². The Morgan fingerprint density at radius 3 is 2.56 bits per heavy atom. The summed E-state index contributed by atoms with van der Waals surface area (Å²) in [4.78, 5) is 14.2. The second-order valence-electron chi connectivity index (χ2n) is 3.94. The SMILES string of the molecule is CCNc1cc(Sc2nc(C)cc(C)n2)ccn1. The molecule has 2 aromatic heterocycles. The van der Waals surface area contributed by atoms with Crippen LogP contribution in [0.1, 0.15) is 18.3 Å². The van der Waals surface area contributed by atoms with Crippen LogP contribution in [-0.4, -0.2) is 21.5 Å². The molecule has 4 nitrogen and oxygen atoms in total. The molecule has 0 aliphatic rings. The second-order valence-corrected chi connectivity index (χ2v) is 4.98. The van der Waals surface area contributed by atoms with Gasteiger partial charge < -0.3 is 5.32 Å². The fourth-order valence-corrected chi connectivity index (χ4v) is 2.49. The van der Waals surface area contributed by atoms with Gasteiger partial charge in [0.05, 0.1) is 0 Å². The van der Waals surface area contributed by atoms with E-state index >= 15 is 0 Å². The van der Waals surface area contributed by atoms with E-state index in [0.29, 0.717) is 0 Å². The third-order valence-corrected chi connectivity index (χ3v) is 3.11. The number of hydrogen-bond acceptors (Lipinski definition) is 5. The van der Waals surface area contributed by atoms with Crippen LogP contribution < -0.4 is 5.32 Å². The molecule has 0 saturated carbocycles. The average Bonchev–Trinajstić information content (AvgIpc) is 2.28. The number of nitrogens with one attached hydrogen (secondary N) is 1. The van der Waals surface area contributed by atoms with E-state index in [2.05, 4.69) is 27.2 Å². The molecule has 18 heavy (non-hydrogen) atoms. The molecule has 1 N–H and O–H groups in total. The molecule has 0 aliphatic carbocycles. The van der Waals surface area contributed by atoms with Crippen molar-refractivity contribution in [2.75, 3.05) is 11.9 Å². The molecule has 0 atom stereocenters. The first-order chi connectivity index (χ1) is 8.67. The fraction of sp³-hybridized carbons (Fsp3) is 0.308. The van der Waals surface area contributed by atoms with E-state index in [9.17, 15) is 0 Å². The Kier molecular flexibility index (Phi) is 4.15. The molecule has 2 rings (SSSR count). The van der Waals surface area contributed by atoms with Gasteiger partial charge in [0.25, 0.3) is 0 Å². The number of nitrogens with zero attached hydrogens (tertiary/aromatic N) is 3. The number of aryl methyl sites for hydroxylation is 2. The van der Waals surface area contributed by atoms with Gasteiger partial charge in [-0.1, -0.05) is 0 Å². The van der Waals surface area contributed by atoms with E-state index in [-0.39, 0.29) is 0 Å². The van der Waals surface area contributed by atoms with Gasteiger partial charge in [0.1, 0.15) is 5.82 Å². The topological polar surface area (TPSA) is 50.7 Å². The molecule has 94 valence electrons.